The van der Waals surface area contributed by atoms with E-state index in [1.54, 1.807) is 0 Å². The van der Waals surface area contributed by atoms with Crippen LogP contribution >= 0.6 is 0 Å². The first-order valence-electron chi connectivity index (χ1n) is 6.87. The van der Waals surface area contributed by atoms with Crippen LogP contribution in [0.15, 0.2) is 0 Å². The van der Waals surface area contributed by atoms with E-state index in [1.807, 2.05) is 6.92 Å². The SMILES string of the molecule is CC(CCCCOC1COC1)(NC1CC1)C(N)=O. The molecule has 0 spiro atoms. The maximum atomic E-state index is 11.5. The molecule has 2 aliphatic rings. The number of unbranched alkanes of at least 4 members (excludes halogenated alkanes) is 1. The number of rotatable bonds is 9. The van der Waals surface area contributed by atoms with Gasteiger partial charge in [-0.15, -0.1) is 0 Å². The first-order valence-corrected chi connectivity index (χ1v) is 6.87. The number of nitrogens with one attached hydrogen (secondary N) is 1. The average Bonchev–Trinajstić information content (AvgIpc) is 3.04. The third-order valence-corrected chi connectivity index (χ3v) is 3.68. The van der Waals surface area contributed by atoms with Gasteiger partial charge in [0.05, 0.1) is 18.8 Å². The van der Waals surface area contributed by atoms with Crippen LogP contribution in [0, 0.1) is 0 Å². The van der Waals surface area contributed by atoms with Crippen LogP contribution in [0.25, 0.3) is 0 Å². The van der Waals surface area contributed by atoms with Crippen LogP contribution in [0.3, 0.4) is 0 Å². The molecule has 0 aromatic carbocycles. The fourth-order valence-electron chi connectivity index (χ4n) is 2.09. The minimum atomic E-state index is -0.555. The second-order valence-corrected chi connectivity index (χ2v) is 5.60. The van der Waals surface area contributed by atoms with Crippen LogP contribution in [0.2, 0.25) is 0 Å². The fraction of sp³-hybridized carbons (Fsp3) is 0.923. The number of ether oxygens (including phenoxy) is 2. The van der Waals surface area contributed by atoms with E-state index in [-0.39, 0.29) is 12.0 Å². The summed E-state index contributed by atoms with van der Waals surface area (Å²) in [7, 11) is 0. The summed E-state index contributed by atoms with van der Waals surface area (Å²) in [6.45, 7) is 4.10. The molecule has 18 heavy (non-hydrogen) atoms. The van der Waals surface area contributed by atoms with Gasteiger partial charge in [0.25, 0.3) is 0 Å². The lowest BCUT2D eigenvalue weighted by molar-refractivity contribution is -0.130. The van der Waals surface area contributed by atoms with Crippen molar-refractivity contribution < 1.29 is 14.3 Å². The van der Waals surface area contributed by atoms with Crippen molar-refractivity contribution in [3.63, 3.8) is 0 Å². The van der Waals surface area contributed by atoms with Gasteiger partial charge in [-0.25, -0.2) is 0 Å². The van der Waals surface area contributed by atoms with Crippen LogP contribution in [-0.2, 0) is 14.3 Å². The number of amides is 1. The molecule has 1 amide bonds. The molecule has 1 saturated carbocycles. The highest BCUT2D eigenvalue weighted by Gasteiger charge is 2.36. The van der Waals surface area contributed by atoms with Crippen LogP contribution in [0.5, 0.6) is 0 Å². The Balaban J connectivity index is 1.60. The zero-order valence-corrected chi connectivity index (χ0v) is 11.1. The van der Waals surface area contributed by atoms with E-state index in [0.717, 1.165) is 51.9 Å². The van der Waals surface area contributed by atoms with Gasteiger partial charge in [0, 0.05) is 12.6 Å². The molecule has 5 heteroatoms. The number of nitrogens with two attached hydrogens (primary N) is 1. The zero-order valence-electron chi connectivity index (χ0n) is 11.1. The first-order chi connectivity index (χ1) is 8.60. The third kappa shape index (κ3) is 3.93. The van der Waals surface area contributed by atoms with E-state index in [2.05, 4.69) is 5.32 Å². The lowest BCUT2D eigenvalue weighted by Gasteiger charge is -2.28. The lowest BCUT2D eigenvalue weighted by Crippen LogP contribution is -2.54. The lowest BCUT2D eigenvalue weighted by atomic mass is 9.94. The Kier molecular flexibility index (Phi) is 4.59. The van der Waals surface area contributed by atoms with Gasteiger partial charge in [-0.2, -0.15) is 0 Å². The highest BCUT2D eigenvalue weighted by Crippen LogP contribution is 2.25. The summed E-state index contributed by atoms with van der Waals surface area (Å²) in [4.78, 5) is 11.5. The van der Waals surface area contributed by atoms with Gasteiger partial charge in [0.2, 0.25) is 5.91 Å². The molecule has 1 heterocycles. The standard InChI is InChI=1S/C13H24N2O3/c1-13(12(14)16,15-10-4-5-10)6-2-3-7-18-11-8-17-9-11/h10-11,15H,2-9H2,1H3,(H2,14,16). The Morgan fingerprint density at radius 2 is 2.17 bits per heavy atom. The molecule has 104 valence electrons. The van der Waals surface area contributed by atoms with E-state index in [9.17, 15) is 4.79 Å². The molecule has 2 rings (SSSR count). The van der Waals surface area contributed by atoms with Gasteiger partial charge in [0.15, 0.2) is 0 Å². The molecule has 2 fully saturated rings. The third-order valence-electron chi connectivity index (χ3n) is 3.68. The van der Waals surface area contributed by atoms with Crippen molar-refractivity contribution in [1.29, 1.82) is 0 Å². The van der Waals surface area contributed by atoms with Gasteiger partial charge in [-0.1, -0.05) is 0 Å². The van der Waals surface area contributed by atoms with Crippen molar-refractivity contribution in [3.8, 4) is 0 Å². The molecular weight excluding hydrogens is 232 g/mol. The van der Waals surface area contributed by atoms with Crippen LogP contribution in [-0.4, -0.2) is 43.4 Å². The zero-order chi connectivity index (χ0) is 13.0. The predicted molar refractivity (Wildman–Crippen MR) is 68.2 cm³/mol. The maximum absolute atomic E-state index is 11.5. The predicted octanol–water partition coefficient (Wildman–Crippen LogP) is 0.568. The highest BCUT2D eigenvalue weighted by atomic mass is 16.6. The Bertz CT molecular complexity index is 290. The molecule has 5 nitrogen and oxygen atoms in total. The Morgan fingerprint density at radius 3 is 2.67 bits per heavy atom. The van der Waals surface area contributed by atoms with Crippen LogP contribution < -0.4 is 11.1 Å². The summed E-state index contributed by atoms with van der Waals surface area (Å²) in [6.07, 6.45) is 5.31. The van der Waals surface area contributed by atoms with Crippen molar-refractivity contribution in [3.05, 3.63) is 0 Å². The second kappa shape index (κ2) is 5.99. The smallest absolute Gasteiger partial charge is 0.237 e. The molecule has 0 aromatic heterocycles. The molecule has 0 radical (unpaired) electrons. The Labute approximate surface area is 108 Å². The topological polar surface area (TPSA) is 73.6 Å². The quantitative estimate of drug-likeness (QED) is 0.591. The van der Waals surface area contributed by atoms with Crippen molar-refractivity contribution >= 4 is 5.91 Å². The maximum Gasteiger partial charge on any atom is 0.237 e. The van der Waals surface area contributed by atoms with Crippen molar-refractivity contribution in [2.24, 2.45) is 5.73 Å². The molecule has 0 bridgehead atoms. The fourth-order valence-corrected chi connectivity index (χ4v) is 2.09. The number of carbonyl (C=O) groups excluding carboxylic acids is 1. The summed E-state index contributed by atoms with van der Waals surface area (Å²) >= 11 is 0. The van der Waals surface area contributed by atoms with E-state index in [4.69, 9.17) is 15.2 Å². The Morgan fingerprint density at radius 1 is 1.44 bits per heavy atom. The van der Waals surface area contributed by atoms with Crippen LogP contribution in [0.4, 0.5) is 0 Å². The molecule has 1 saturated heterocycles. The highest BCUT2D eigenvalue weighted by molar-refractivity contribution is 5.84. The van der Waals surface area contributed by atoms with Gasteiger partial charge in [-0.05, 0) is 39.0 Å². The number of primary amides is 1. The number of hydrogen-bond donors (Lipinski definition) is 2. The molecule has 1 unspecified atom stereocenters. The van der Waals surface area contributed by atoms with E-state index in [1.165, 1.54) is 0 Å². The summed E-state index contributed by atoms with van der Waals surface area (Å²) in [5.74, 6) is -0.247. The summed E-state index contributed by atoms with van der Waals surface area (Å²) in [6, 6.07) is 0.492. The largest absolute Gasteiger partial charge is 0.376 e. The van der Waals surface area contributed by atoms with Gasteiger partial charge < -0.3 is 20.5 Å². The summed E-state index contributed by atoms with van der Waals surface area (Å²) < 4.78 is 10.6. The first kappa shape index (κ1) is 13.8. The minimum absolute atomic E-state index is 0.247. The monoisotopic (exact) mass is 256 g/mol. The van der Waals surface area contributed by atoms with Gasteiger partial charge >= 0.3 is 0 Å². The van der Waals surface area contributed by atoms with E-state index in [0.29, 0.717) is 6.04 Å². The molecule has 0 aromatic rings. The molecule has 1 aliphatic carbocycles. The van der Waals surface area contributed by atoms with Gasteiger partial charge in [-0.3, -0.25) is 4.79 Å². The average molecular weight is 256 g/mol. The van der Waals surface area contributed by atoms with Crippen molar-refractivity contribution in [2.75, 3.05) is 19.8 Å². The molecular formula is C13H24N2O3. The number of hydrogen-bond acceptors (Lipinski definition) is 4. The molecule has 1 aliphatic heterocycles. The minimum Gasteiger partial charge on any atom is -0.376 e. The second-order valence-electron chi connectivity index (χ2n) is 5.60. The van der Waals surface area contributed by atoms with E-state index < -0.39 is 5.54 Å². The van der Waals surface area contributed by atoms with Crippen LogP contribution in [0.1, 0.15) is 39.0 Å². The Hall–Kier alpha value is -0.650. The number of carbonyl (C=O) groups is 1. The van der Waals surface area contributed by atoms with Gasteiger partial charge in [0.1, 0.15) is 6.10 Å². The van der Waals surface area contributed by atoms with Crippen molar-refractivity contribution in [2.45, 2.75) is 56.7 Å². The van der Waals surface area contributed by atoms with E-state index >= 15 is 0 Å². The summed E-state index contributed by atoms with van der Waals surface area (Å²) in [5.41, 5.74) is 4.94. The summed E-state index contributed by atoms with van der Waals surface area (Å²) in [5, 5.41) is 3.35. The molecule has 1 atom stereocenters. The normalized spacial score (nSPS) is 23.4. The molecule has 3 N–H and O–H groups in total. The van der Waals surface area contributed by atoms with Crippen molar-refractivity contribution in [1.82, 2.24) is 5.32 Å².